The second-order valence-electron chi connectivity index (χ2n) is 5.43. The van der Waals surface area contributed by atoms with Gasteiger partial charge in [0.15, 0.2) is 0 Å². The molecule has 2 rings (SSSR count). The Morgan fingerprint density at radius 3 is 2.68 bits per heavy atom. The SMILES string of the molecule is CCCCc1ccc(NC(=O)C2CCNC2C)cc1. The molecular formula is C16H24N2O. The van der Waals surface area contributed by atoms with Gasteiger partial charge in [0.2, 0.25) is 5.91 Å². The van der Waals surface area contributed by atoms with E-state index in [0.29, 0.717) is 0 Å². The smallest absolute Gasteiger partial charge is 0.229 e. The van der Waals surface area contributed by atoms with Crippen molar-refractivity contribution >= 4 is 11.6 Å². The van der Waals surface area contributed by atoms with E-state index in [1.165, 1.54) is 18.4 Å². The molecule has 2 N–H and O–H groups in total. The van der Waals surface area contributed by atoms with Crippen LogP contribution < -0.4 is 10.6 Å². The molecule has 0 aromatic heterocycles. The van der Waals surface area contributed by atoms with Gasteiger partial charge in [-0.2, -0.15) is 0 Å². The number of hydrogen-bond acceptors (Lipinski definition) is 2. The van der Waals surface area contributed by atoms with Crippen LogP contribution in [0.4, 0.5) is 5.69 Å². The van der Waals surface area contributed by atoms with Crippen molar-refractivity contribution in [1.82, 2.24) is 5.32 Å². The van der Waals surface area contributed by atoms with Crippen LogP contribution >= 0.6 is 0 Å². The molecule has 1 amide bonds. The topological polar surface area (TPSA) is 41.1 Å². The van der Waals surface area contributed by atoms with Crippen molar-refractivity contribution in [1.29, 1.82) is 0 Å². The fourth-order valence-electron chi connectivity index (χ4n) is 2.59. The first-order valence-electron chi connectivity index (χ1n) is 7.34. The summed E-state index contributed by atoms with van der Waals surface area (Å²) >= 11 is 0. The number of nitrogens with one attached hydrogen (secondary N) is 2. The maximum Gasteiger partial charge on any atom is 0.229 e. The molecule has 2 atom stereocenters. The molecule has 1 aromatic rings. The Morgan fingerprint density at radius 2 is 2.11 bits per heavy atom. The maximum atomic E-state index is 12.1. The number of unbranched alkanes of at least 4 members (excludes halogenated alkanes) is 1. The Bertz CT molecular complexity index is 413. The van der Waals surface area contributed by atoms with Crippen molar-refractivity contribution in [2.75, 3.05) is 11.9 Å². The molecule has 1 heterocycles. The Labute approximate surface area is 115 Å². The summed E-state index contributed by atoms with van der Waals surface area (Å²) in [6.45, 7) is 5.21. The summed E-state index contributed by atoms with van der Waals surface area (Å²) in [4.78, 5) is 12.1. The predicted molar refractivity (Wildman–Crippen MR) is 79.3 cm³/mol. The van der Waals surface area contributed by atoms with Gasteiger partial charge in [0.1, 0.15) is 0 Å². The normalized spacial score (nSPS) is 22.4. The number of benzene rings is 1. The number of anilines is 1. The van der Waals surface area contributed by atoms with Crippen LogP contribution in [-0.2, 0) is 11.2 Å². The highest BCUT2D eigenvalue weighted by Crippen LogP contribution is 2.18. The van der Waals surface area contributed by atoms with Crippen LogP contribution in [0, 0.1) is 5.92 Å². The van der Waals surface area contributed by atoms with Gasteiger partial charge in [-0.1, -0.05) is 25.5 Å². The van der Waals surface area contributed by atoms with Crippen molar-refractivity contribution in [2.45, 2.75) is 45.6 Å². The Kier molecular flexibility index (Phi) is 4.97. The van der Waals surface area contributed by atoms with Crippen LogP contribution in [0.3, 0.4) is 0 Å². The van der Waals surface area contributed by atoms with Crippen molar-refractivity contribution in [3.8, 4) is 0 Å². The highest BCUT2D eigenvalue weighted by molar-refractivity contribution is 5.93. The molecule has 0 spiro atoms. The van der Waals surface area contributed by atoms with Gasteiger partial charge >= 0.3 is 0 Å². The molecule has 1 aliphatic heterocycles. The van der Waals surface area contributed by atoms with Gasteiger partial charge in [0.05, 0.1) is 5.92 Å². The number of hydrogen-bond donors (Lipinski definition) is 2. The first-order chi connectivity index (χ1) is 9.20. The highest BCUT2D eigenvalue weighted by Gasteiger charge is 2.29. The second-order valence-corrected chi connectivity index (χ2v) is 5.43. The van der Waals surface area contributed by atoms with Crippen LogP contribution in [0.5, 0.6) is 0 Å². The molecule has 19 heavy (non-hydrogen) atoms. The zero-order valence-corrected chi connectivity index (χ0v) is 11.9. The van der Waals surface area contributed by atoms with Gasteiger partial charge in [0, 0.05) is 11.7 Å². The number of carbonyl (C=O) groups excluding carboxylic acids is 1. The van der Waals surface area contributed by atoms with E-state index >= 15 is 0 Å². The van der Waals surface area contributed by atoms with Crippen LogP contribution in [-0.4, -0.2) is 18.5 Å². The monoisotopic (exact) mass is 260 g/mol. The predicted octanol–water partition coefficient (Wildman–Crippen LogP) is 2.97. The lowest BCUT2D eigenvalue weighted by atomic mass is 10.0. The number of aryl methyl sites for hydroxylation is 1. The minimum atomic E-state index is 0.0970. The molecule has 1 aromatic carbocycles. The zero-order valence-electron chi connectivity index (χ0n) is 11.9. The Hall–Kier alpha value is -1.35. The lowest BCUT2D eigenvalue weighted by Crippen LogP contribution is -2.32. The lowest BCUT2D eigenvalue weighted by Gasteiger charge is -2.15. The van der Waals surface area contributed by atoms with Crippen LogP contribution in [0.15, 0.2) is 24.3 Å². The van der Waals surface area contributed by atoms with Gasteiger partial charge in [-0.15, -0.1) is 0 Å². The van der Waals surface area contributed by atoms with Gasteiger partial charge in [-0.3, -0.25) is 4.79 Å². The van der Waals surface area contributed by atoms with E-state index in [0.717, 1.165) is 25.1 Å². The van der Waals surface area contributed by atoms with Crippen molar-refractivity contribution in [3.63, 3.8) is 0 Å². The van der Waals surface area contributed by atoms with E-state index in [1.807, 2.05) is 12.1 Å². The molecule has 1 saturated heterocycles. The van der Waals surface area contributed by atoms with E-state index in [-0.39, 0.29) is 17.9 Å². The first kappa shape index (κ1) is 14.1. The zero-order chi connectivity index (χ0) is 13.7. The van der Waals surface area contributed by atoms with Crippen molar-refractivity contribution in [2.24, 2.45) is 5.92 Å². The van der Waals surface area contributed by atoms with E-state index in [1.54, 1.807) is 0 Å². The molecule has 1 fully saturated rings. The van der Waals surface area contributed by atoms with Gasteiger partial charge in [0.25, 0.3) is 0 Å². The van der Waals surface area contributed by atoms with Gasteiger partial charge < -0.3 is 10.6 Å². The third kappa shape index (κ3) is 3.80. The Balaban J connectivity index is 1.90. The largest absolute Gasteiger partial charge is 0.326 e. The third-order valence-electron chi connectivity index (χ3n) is 3.90. The van der Waals surface area contributed by atoms with Gasteiger partial charge in [-0.05, 0) is 50.4 Å². The average Bonchev–Trinajstić information content (AvgIpc) is 2.84. The summed E-state index contributed by atoms with van der Waals surface area (Å²) in [6, 6.07) is 8.53. The minimum absolute atomic E-state index is 0.0970. The summed E-state index contributed by atoms with van der Waals surface area (Å²) in [7, 11) is 0. The number of amides is 1. The maximum absolute atomic E-state index is 12.1. The number of rotatable bonds is 5. The van der Waals surface area contributed by atoms with E-state index in [4.69, 9.17) is 0 Å². The standard InChI is InChI=1S/C16H24N2O/c1-3-4-5-13-6-8-14(9-7-13)18-16(19)15-10-11-17-12(15)2/h6-9,12,15,17H,3-5,10-11H2,1-2H3,(H,18,19). The van der Waals surface area contributed by atoms with Crippen LogP contribution in [0.1, 0.15) is 38.7 Å². The molecule has 104 valence electrons. The Morgan fingerprint density at radius 1 is 1.37 bits per heavy atom. The van der Waals surface area contributed by atoms with E-state index in [2.05, 4.69) is 36.6 Å². The second kappa shape index (κ2) is 6.71. The fraction of sp³-hybridized carbons (Fsp3) is 0.562. The minimum Gasteiger partial charge on any atom is -0.326 e. The lowest BCUT2D eigenvalue weighted by molar-refractivity contribution is -0.119. The summed E-state index contributed by atoms with van der Waals surface area (Å²) in [5.41, 5.74) is 2.25. The summed E-state index contributed by atoms with van der Waals surface area (Å²) < 4.78 is 0. The summed E-state index contributed by atoms with van der Waals surface area (Å²) in [5, 5.41) is 6.33. The van der Waals surface area contributed by atoms with E-state index < -0.39 is 0 Å². The molecular weight excluding hydrogens is 236 g/mol. The molecule has 0 aliphatic carbocycles. The van der Waals surface area contributed by atoms with E-state index in [9.17, 15) is 4.79 Å². The van der Waals surface area contributed by atoms with Crippen molar-refractivity contribution in [3.05, 3.63) is 29.8 Å². The summed E-state index contributed by atoms with van der Waals surface area (Å²) in [5.74, 6) is 0.235. The first-order valence-corrected chi connectivity index (χ1v) is 7.34. The molecule has 0 saturated carbocycles. The molecule has 3 nitrogen and oxygen atoms in total. The highest BCUT2D eigenvalue weighted by atomic mass is 16.1. The average molecular weight is 260 g/mol. The van der Waals surface area contributed by atoms with Gasteiger partial charge in [-0.25, -0.2) is 0 Å². The molecule has 0 bridgehead atoms. The molecule has 0 radical (unpaired) electrons. The van der Waals surface area contributed by atoms with Crippen molar-refractivity contribution < 1.29 is 4.79 Å². The molecule has 2 unspecified atom stereocenters. The quantitative estimate of drug-likeness (QED) is 0.854. The fourth-order valence-corrected chi connectivity index (χ4v) is 2.59. The third-order valence-corrected chi connectivity index (χ3v) is 3.90. The summed E-state index contributed by atoms with van der Waals surface area (Å²) in [6.07, 6.45) is 4.48. The number of carbonyl (C=O) groups is 1. The van der Waals surface area contributed by atoms with Crippen LogP contribution in [0.2, 0.25) is 0 Å². The van der Waals surface area contributed by atoms with Crippen LogP contribution in [0.25, 0.3) is 0 Å². The molecule has 1 aliphatic rings. The molecule has 3 heteroatoms.